The minimum Gasteiger partial charge on any atom is -0.477 e. The number of hydrogen-bond acceptors (Lipinski definition) is 8. The van der Waals surface area contributed by atoms with E-state index >= 15 is 0 Å². The van der Waals surface area contributed by atoms with Crippen molar-refractivity contribution in [3.05, 3.63) is 47.4 Å². The molecule has 0 saturated heterocycles. The van der Waals surface area contributed by atoms with Crippen LogP contribution < -0.4 is 15.8 Å². The number of carbonyl (C=O) groups excluding carboxylic acids is 1. The Morgan fingerprint density at radius 2 is 1.94 bits per heavy atom. The maximum atomic E-state index is 12.2. The Labute approximate surface area is 193 Å². The first-order valence-electron chi connectivity index (χ1n) is 11.4. The van der Waals surface area contributed by atoms with Gasteiger partial charge in [0.05, 0.1) is 23.3 Å². The van der Waals surface area contributed by atoms with Crippen LogP contribution in [0.5, 0.6) is 5.88 Å². The molecule has 1 aliphatic rings. The summed E-state index contributed by atoms with van der Waals surface area (Å²) in [5.74, 6) is 1.45. The van der Waals surface area contributed by atoms with Crippen LogP contribution in [-0.2, 0) is 10.3 Å². The van der Waals surface area contributed by atoms with Crippen LogP contribution in [-0.4, -0.2) is 33.6 Å². The molecule has 0 radical (unpaired) electrons. The number of pyridine rings is 3. The van der Waals surface area contributed by atoms with Crippen LogP contribution in [0.3, 0.4) is 0 Å². The van der Waals surface area contributed by atoms with Crippen LogP contribution in [0.15, 0.2) is 30.6 Å². The highest BCUT2D eigenvalue weighted by atomic mass is 16.5. The zero-order chi connectivity index (χ0) is 23.8. The van der Waals surface area contributed by atoms with Crippen molar-refractivity contribution in [3.63, 3.8) is 0 Å². The molecule has 0 amide bonds. The number of nitrogens with one attached hydrogen (secondary N) is 1. The van der Waals surface area contributed by atoms with Crippen molar-refractivity contribution in [2.75, 3.05) is 11.9 Å². The molecule has 0 fully saturated rings. The van der Waals surface area contributed by atoms with E-state index in [-0.39, 0.29) is 18.0 Å². The fraction of sp³-hybridized carbons (Fsp3) is 0.440. The number of carbonyl (C=O) groups is 1. The van der Waals surface area contributed by atoms with Crippen molar-refractivity contribution >= 4 is 28.4 Å². The predicted molar refractivity (Wildman–Crippen MR) is 128 cm³/mol. The van der Waals surface area contributed by atoms with E-state index in [1.165, 1.54) is 0 Å². The number of aromatic nitrogens is 3. The van der Waals surface area contributed by atoms with Crippen molar-refractivity contribution < 1.29 is 14.3 Å². The smallest absolute Gasteiger partial charge is 0.340 e. The largest absolute Gasteiger partial charge is 0.477 e. The van der Waals surface area contributed by atoms with Crippen LogP contribution in [0.25, 0.3) is 10.8 Å². The number of esters is 1. The molecule has 33 heavy (non-hydrogen) atoms. The number of nitrogens with zero attached hydrogens (tertiary/aromatic N) is 3. The Balaban J connectivity index is 1.75. The molecule has 174 valence electrons. The average Bonchev–Trinajstić information content (AvgIpc) is 2.80. The molecule has 0 unspecified atom stereocenters. The summed E-state index contributed by atoms with van der Waals surface area (Å²) in [5, 5.41) is 5.03. The summed E-state index contributed by atoms with van der Waals surface area (Å²) in [4.78, 5) is 26.0. The van der Waals surface area contributed by atoms with Crippen molar-refractivity contribution in [1.82, 2.24) is 15.0 Å². The molecule has 3 aromatic heterocycles. The summed E-state index contributed by atoms with van der Waals surface area (Å²) in [5.41, 5.74) is 8.20. The minimum atomic E-state index is -0.552. The lowest BCUT2D eigenvalue weighted by atomic mass is 9.88. The van der Waals surface area contributed by atoms with Crippen LogP contribution in [0.1, 0.15) is 75.0 Å². The number of ether oxygens (including phenoxy) is 2. The van der Waals surface area contributed by atoms with Gasteiger partial charge in [-0.2, -0.15) is 0 Å². The molecule has 0 saturated carbocycles. The molecule has 4 heterocycles. The van der Waals surface area contributed by atoms with E-state index in [1.54, 1.807) is 24.5 Å². The predicted octanol–water partition coefficient (Wildman–Crippen LogP) is 4.80. The number of hydrogen-bond donors (Lipinski definition) is 2. The normalized spacial score (nSPS) is 19.5. The zero-order valence-corrected chi connectivity index (χ0v) is 19.8. The van der Waals surface area contributed by atoms with Crippen molar-refractivity contribution in [2.45, 2.75) is 65.0 Å². The monoisotopic (exact) mass is 449 g/mol. The molecular formula is C25H31N5O3. The van der Waals surface area contributed by atoms with Crippen LogP contribution >= 0.6 is 0 Å². The highest BCUT2D eigenvalue weighted by molar-refractivity contribution is 5.93. The molecule has 0 aliphatic carbocycles. The first kappa shape index (κ1) is 22.9. The lowest BCUT2D eigenvalue weighted by Crippen LogP contribution is -2.32. The third-order valence-corrected chi connectivity index (χ3v) is 6.36. The van der Waals surface area contributed by atoms with Gasteiger partial charge in [0.1, 0.15) is 17.7 Å². The van der Waals surface area contributed by atoms with E-state index in [0.29, 0.717) is 29.7 Å². The maximum Gasteiger partial charge on any atom is 0.340 e. The van der Waals surface area contributed by atoms with Gasteiger partial charge in [0.25, 0.3) is 0 Å². The van der Waals surface area contributed by atoms with E-state index < -0.39 is 5.54 Å². The second-order valence-corrected chi connectivity index (χ2v) is 8.87. The highest BCUT2D eigenvalue weighted by Crippen LogP contribution is 2.35. The molecule has 0 spiro atoms. The van der Waals surface area contributed by atoms with Crippen molar-refractivity contribution in [1.29, 1.82) is 0 Å². The lowest BCUT2D eigenvalue weighted by molar-refractivity contribution is 0.0235. The second-order valence-electron chi connectivity index (χ2n) is 8.87. The summed E-state index contributed by atoms with van der Waals surface area (Å²) < 4.78 is 11.2. The fourth-order valence-electron chi connectivity index (χ4n) is 3.89. The lowest BCUT2D eigenvalue weighted by Gasteiger charge is -2.27. The van der Waals surface area contributed by atoms with E-state index in [1.807, 2.05) is 26.8 Å². The number of cyclic esters (lactones) is 1. The molecule has 3 aromatic rings. The topological polar surface area (TPSA) is 112 Å². The van der Waals surface area contributed by atoms with Crippen LogP contribution in [0.4, 0.5) is 11.6 Å². The summed E-state index contributed by atoms with van der Waals surface area (Å²) in [6.45, 7) is 10.6. The van der Waals surface area contributed by atoms with Gasteiger partial charge < -0.3 is 20.5 Å². The molecule has 8 heteroatoms. The Hall–Kier alpha value is -3.26. The molecular weight excluding hydrogens is 418 g/mol. The second kappa shape index (κ2) is 8.94. The third-order valence-electron chi connectivity index (χ3n) is 6.36. The van der Waals surface area contributed by atoms with Gasteiger partial charge in [-0.15, -0.1) is 0 Å². The third kappa shape index (κ3) is 4.35. The van der Waals surface area contributed by atoms with Gasteiger partial charge in [0, 0.05) is 23.9 Å². The number of rotatable bonds is 7. The molecule has 8 nitrogen and oxygen atoms in total. The number of nitrogens with two attached hydrogens (primary N) is 1. The highest BCUT2D eigenvalue weighted by Gasteiger charge is 2.31. The van der Waals surface area contributed by atoms with Crippen molar-refractivity contribution in [2.24, 2.45) is 5.73 Å². The Morgan fingerprint density at radius 1 is 1.15 bits per heavy atom. The molecule has 0 aromatic carbocycles. The first-order chi connectivity index (χ1) is 15.7. The molecule has 3 N–H and O–H groups in total. The maximum absolute atomic E-state index is 12.2. The van der Waals surface area contributed by atoms with Gasteiger partial charge in [-0.25, -0.2) is 19.7 Å². The molecule has 4 rings (SSSR count). The molecule has 0 bridgehead atoms. The summed E-state index contributed by atoms with van der Waals surface area (Å²) in [6, 6.07) is 5.46. The minimum absolute atomic E-state index is 0.00228. The summed E-state index contributed by atoms with van der Waals surface area (Å²) >= 11 is 0. The fourth-order valence-corrected chi connectivity index (χ4v) is 3.89. The molecule has 1 aliphatic heterocycles. The quantitative estimate of drug-likeness (QED) is 0.495. The van der Waals surface area contributed by atoms with Gasteiger partial charge in [-0.3, -0.25) is 0 Å². The van der Waals surface area contributed by atoms with Gasteiger partial charge >= 0.3 is 5.97 Å². The first-order valence-corrected chi connectivity index (χ1v) is 11.4. The van der Waals surface area contributed by atoms with Gasteiger partial charge in [0.2, 0.25) is 5.88 Å². The summed E-state index contributed by atoms with van der Waals surface area (Å²) in [6.07, 6.45) is 4.97. The van der Waals surface area contributed by atoms with E-state index in [0.717, 1.165) is 34.9 Å². The Kier molecular flexibility index (Phi) is 6.21. The number of anilines is 2. The van der Waals surface area contributed by atoms with Crippen molar-refractivity contribution in [3.8, 4) is 5.88 Å². The standard InChI is InChI=1S/C25H31N5O3/c1-6-10-32-23-18-12-27-21(11-17(18)19(13-28-23)25(5,26)7-2)29-20-9-8-16-22(30-20)14(3)15(4)33-24(16)31/h8-9,11-15H,6-7,10,26H2,1-5H3,(H,27,29,30)/t14-,15-,25+/m0/s1. The average molecular weight is 450 g/mol. The van der Waals surface area contributed by atoms with Gasteiger partial charge in [-0.1, -0.05) is 20.8 Å². The summed E-state index contributed by atoms with van der Waals surface area (Å²) in [7, 11) is 0. The number of fused-ring (bicyclic) bond motifs is 2. The Bertz CT molecular complexity index is 1190. The Morgan fingerprint density at radius 3 is 2.67 bits per heavy atom. The van der Waals surface area contributed by atoms with Gasteiger partial charge in [-0.05, 0) is 55.8 Å². The zero-order valence-electron chi connectivity index (χ0n) is 19.8. The van der Waals surface area contributed by atoms with Crippen LogP contribution in [0, 0.1) is 0 Å². The van der Waals surface area contributed by atoms with Gasteiger partial charge in [0.15, 0.2) is 0 Å². The van der Waals surface area contributed by atoms with E-state index in [9.17, 15) is 4.79 Å². The van der Waals surface area contributed by atoms with E-state index in [2.05, 4.69) is 29.1 Å². The van der Waals surface area contributed by atoms with E-state index in [4.69, 9.17) is 20.2 Å². The molecule has 3 atom stereocenters. The van der Waals surface area contributed by atoms with Crippen LogP contribution in [0.2, 0.25) is 0 Å². The SMILES string of the molecule is CCCOc1ncc([C@](C)(N)CC)c2cc(Nc3ccc4c(n3)[C@@H](C)[C@H](C)OC4=O)ncc12.